The molecule has 0 spiro atoms. The van der Waals surface area contributed by atoms with Crippen molar-refractivity contribution in [2.24, 2.45) is 5.73 Å². The third-order valence-electron chi connectivity index (χ3n) is 6.42. The molecule has 6 heteroatoms. The third kappa shape index (κ3) is 4.14. The maximum Gasteiger partial charge on any atom is 0.255 e. The molecule has 1 aliphatic heterocycles. The van der Waals surface area contributed by atoms with Crippen molar-refractivity contribution in [1.82, 2.24) is 4.90 Å². The minimum absolute atomic E-state index is 0.196. The fourth-order valence-corrected chi connectivity index (χ4v) is 4.09. The number of carbonyl (C=O) groups is 1. The van der Waals surface area contributed by atoms with Crippen molar-refractivity contribution in [3.05, 3.63) is 59.4 Å². The Balaban J connectivity index is 1.40. The Morgan fingerprint density at radius 1 is 1.17 bits per heavy atom. The quantitative estimate of drug-likeness (QED) is 0.813. The maximum absolute atomic E-state index is 14.5. The molecule has 2 atom stereocenters. The van der Waals surface area contributed by atoms with Crippen LogP contribution in [0.3, 0.4) is 0 Å². The number of benzene rings is 2. The van der Waals surface area contributed by atoms with Crippen molar-refractivity contribution < 1.29 is 9.18 Å². The number of hydrogen-bond donors (Lipinski definition) is 2. The van der Waals surface area contributed by atoms with Crippen molar-refractivity contribution in [3.63, 3.8) is 0 Å². The van der Waals surface area contributed by atoms with E-state index in [4.69, 9.17) is 5.73 Å². The first-order valence-corrected chi connectivity index (χ1v) is 10.3. The molecule has 5 nitrogen and oxygen atoms in total. The highest BCUT2D eigenvalue weighted by Gasteiger charge is 2.50. The molecule has 154 valence electrons. The van der Waals surface area contributed by atoms with E-state index in [0.29, 0.717) is 5.56 Å². The molecule has 0 aromatic heterocycles. The molecule has 3 N–H and O–H groups in total. The van der Waals surface area contributed by atoms with Gasteiger partial charge in [0, 0.05) is 48.9 Å². The molecule has 1 heterocycles. The number of likely N-dealkylation sites (N-methyl/N-ethyl adjacent to an activating group) is 1. The minimum Gasteiger partial charge on any atom is -0.369 e. The molecule has 2 aromatic rings. The van der Waals surface area contributed by atoms with E-state index in [1.165, 1.54) is 6.07 Å². The molecule has 1 amide bonds. The lowest BCUT2D eigenvalue weighted by Crippen LogP contribution is -2.44. The first-order valence-electron chi connectivity index (χ1n) is 10.3. The third-order valence-corrected chi connectivity index (χ3v) is 6.42. The van der Waals surface area contributed by atoms with E-state index in [-0.39, 0.29) is 23.1 Å². The predicted octanol–water partition coefficient (Wildman–Crippen LogP) is 3.42. The Kier molecular flexibility index (Phi) is 5.32. The Morgan fingerprint density at radius 2 is 1.86 bits per heavy atom. The van der Waals surface area contributed by atoms with Crippen LogP contribution in [0.1, 0.15) is 41.6 Å². The Bertz CT molecular complexity index is 892. The highest BCUT2D eigenvalue weighted by atomic mass is 19.1. The van der Waals surface area contributed by atoms with E-state index in [9.17, 15) is 9.18 Å². The van der Waals surface area contributed by atoms with Gasteiger partial charge in [-0.05, 0) is 61.9 Å². The van der Waals surface area contributed by atoms with Crippen LogP contribution in [0.15, 0.2) is 42.5 Å². The molecule has 0 bridgehead atoms. The van der Waals surface area contributed by atoms with Crippen LogP contribution in [0, 0.1) is 5.82 Å². The summed E-state index contributed by atoms with van der Waals surface area (Å²) in [4.78, 5) is 17.2. The van der Waals surface area contributed by atoms with Gasteiger partial charge in [0.15, 0.2) is 0 Å². The van der Waals surface area contributed by atoms with Gasteiger partial charge in [-0.15, -0.1) is 0 Å². The van der Waals surface area contributed by atoms with Crippen LogP contribution in [0.25, 0.3) is 0 Å². The van der Waals surface area contributed by atoms with E-state index in [2.05, 4.69) is 29.1 Å². The molecular formula is C23H29FN4O. The van der Waals surface area contributed by atoms with Crippen molar-refractivity contribution in [2.45, 2.75) is 31.2 Å². The highest BCUT2D eigenvalue weighted by molar-refractivity contribution is 6.04. The summed E-state index contributed by atoms with van der Waals surface area (Å²) in [5, 5.41) is 2.69. The van der Waals surface area contributed by atoms with E-state index >= 15 is 0 Å². The summed E-state index contributed by atoms with van der Waals surface area (Å²) < 4.78 is 14.5. The van der Waals surface area contributed by atoms with Gasteiger partial charge in [0.05, 0.1) is 5.69 Å². The molecule has 29 heavy (non-hydrogen) atoms. The smallest absolute Gasteiger partial charge is 0.255 e. The molecule has 0 radical (unpaired) electrons. The fraction of sp³-hybridized carbons (Fsp3) is 0.435. The average Bonchev–Trinajstić information content (AvgIpc) is 3.42. The second-order valence-electron chi connectivity index (χ2n) is 8.37. The topological polar surface area (TPSA) is 61.6 Å². The summed E-state index contributed by atoms with van der Waals surface area (Å²) in [6, 6.07) is 12.5. The lowest BCUT2D eigenvalue weighted by Gasteiger charge is -2.34. The van der Waals surface area contributed by atoms with Gasteiger partial charge in [0.25, 0.3) is 5.91 Å². The van der Waals surface area contributed by atoms with Crippen LogP contribution in [-0.4, -0.2) is 49.6 Å². The SMILES string of the molecule is CC[C@]1(N)C[C@H]1c1ccc(NC(=O)c2ccc(N3CCN(C)CC3)cc2)c(F)c1. The summed E-state index contributed by atoms with van der Waals surface area (Å²) in [6.07, 6.45) is 1.76. The van der Waals surface area contributed by atoms with Crippen molar-refractivity contribution >= 4 is 17.3 Å². The number of amides is 1. The van der Waals surface area contributed by atoms with E-state index in [1.54, 1.807) is 18.2 Å². The molecule has 2 aromatic carbocycles. The summed E-state index contributed by atoms with van der Waals surface area (Å²) in [5.74, 6) is -0.529. The molecule has 2 aliphatic rings. The number of halogens is 1. The van der Waals surface area contributed by atoms with E-state index in [1.807, 2.05) is 18.2 Å². The van der Waals surface area contributed by atoms with Gasteiger partial charge in [-0.1, -0.05) is 13.0 Å². The molecule has 1 saturated carbocycles. The second-order valence-corrected chi connectivity index (χ2v) is 8.37. The van der Waals surface area contributed by atoms with E-state index in [0.717, 1.165) is 50.3 Å². The predicted molar refractivity (Wildman–Crippen MR) is 115 cm³/mol. The second kappa shape index (κ2) is 7.76. The molecule has 1 aliphatic carbocycles. The van der Waals surface area contributed by atoms with Crippen LogP contribution in [-0.2, 0) is 0 Å². The van der Waals surface area contributed by atoms with Gasteiger partial charge in [-0.3, -0.25) is 4.79 Å². The zero-order chi connectivity index (χ0) is 20.6. The monoisotopic (exact) mass is 396 g/mol. The molecule has 0 unspecified atom stereocenters. The van der Waals surface area contributed by atoms with Crippen LogP contribution in [0.5, 0.6) is 0 Å². The van der Waals surface area contributed by atoms with Gasteiger partial charge >= 0.3 is 0 Å². The number of rotatable bonds is 5. The van der Waals surface area contributed by atoms with Crippen LogP contribution >= 0.6 is 0 Å². The standard InChI is InChI=1S/C23H29FN4O/c1-3-23(25)15-19(23)17-6-9-21(20(24)14-17)26-22(29)16-4-7-18(8-5-16)28-12-10-27(2)11-13-28/h4-9,14,19H,3,10-13,15,25H2,1-2H3,(H,26,29)/t19-,23-/m0/s1. The van der Waals surface area contributed by atoms with Crippen LogP contribution < -0.4 is 16.0 Å². The van der Waals surface area contributed by atoms with Gasteiger partial charge in [0.1, 0.15) is 5.82 Å². The summed E-state index contributed by atoms with van der Waals surface area (Å²) in [7, 11) is 2.12. The van der Waals surface area contributed by atoms with Gasteiger partial charge in [-0.25, -0.2) is 4.39 Å². The first kappa shape index (κ1) is 19.9. The van der Waals surface area contributed by atoms with Gasteiger partial charge in [0.2, 0.25) is 0 Å². The Morgan fingerprint density at radius 3 is 2.45 bits per heavy atom. The molecule has 1 saturated heterocycles. The number of hydrogen-bond acceptors (Lipinski definition) is 4. The number of anilines is 2. The van der Waals surface area contributed by atoms with Crippen molar-refractivity contribution in [2.75, 3.05) is 43.4 Å². The van der Waals surface area contributed by atoms with Crippen molar-refractivity contribution in [3.8, 4) is 0 Å². The first-order chi connectivity index (χ1) is 13.9. The Labute approximate surface area is 171 Å². The zero-order valence-electron chi connectivity index (χ0n) is 17.1. The van der Waals surface area contributed by atoms with E-state index < -0.39 is 5.82 Å². The van der Waals surface area contributed by atoms with Crippen LogP contribution in [0.4, 0.5) is 15.8 Å². The van der Waals surface area contributed by atoms with Gasteiger partial charge in [-0.2, -0.15) is 0 Å². The maximum atomic E-state index is 14.5. The summed E-state index contributed by atoms with van der Waals surface area (Å²) >= 11 is 0. The van der Waals surface area contributed by atoms with Gasteiger partial charge < -0.3 is 20.9 Å². The number of piperazine rings is 1. The number of carbonyl (C=O) groups excluding carboxylic acids is 1. The summed E-state index contributed by atoms with van der Waals surface area (Å²) in [5.41, 5.74) is 8.76. The Hall–Kier alpha value is -2.44. The largest absolute Gasteiger partial charge is 0.369 e. The lowest BCUT2D eigenvalue weighted by molar-refractivity contribution is 0.102. The lowest BCUT2D eigenvalue weighted by atomic mass is 10.0. The van der Waals surface area contributed by atoms with Crippen LogP contribution in [0.2, 0.25) is 0 Å². The zero-order valence-corrected chi connectivity index (χ0v) is 17.1. The number of nitrogens with zero attached hydrogens (tertiary/aromatic N) is 2. The molecule has 2 fully saturated rings. The fourth-order valence-electron chi connectivity index (χ4n) is 4.09. The van der Waals surface area contributed by atoms with Crippen molar-refractivity contribution in [1.29, 1.82) is 0 Å². The minimum atomic E-state index is -0.421. The number of nitrogens with two attached hydrogens (primary N) is 1. The molecule has 4 rings (SSSR count). The average molecular weight is 397 g/mol. The summed E-state index contributed by atoms with van der Waals surface area (Å²) in [6.45, 7) is 6.06. The highest BCUT2D eigenvalue weighted by Crippen LogP contribution is 2.51. The normalized spacial score (nSPS) is 24.4. The number of nitrogens with one attached hydrogen (secondary N) is 1. The molecular weight excluding hydrogens is 367 g/mol.